The number of nitrogens with zero attached hydrogens (tertiary/aromatic N) is 3. The molecule has 0 N–H and O–H groups in total. The molecule has 0 aliphatic rings. The standard InChI is InChI=1S/C28H25N3O5S/c1-32-21-11-9-20(10-12-21)30-28-31(22(17-37-28)25-13-18-7-5-6-8-23(18)36-25)29-16-19-14-26(34-3)27(35-4)15-24(19)33-2/h5-17H,1-4H3. The fourth-order valence-corrected chi connectivity index (χ4v) is 4.64. The molecule has 37 heavy (non-hydrogen) atoms. The van der Waals surface area contributed by atoms with Crippen molar-refractivity contribution in [3.05, 3.63) is 82.5 Å². The third-order valence-corrected chi connectivity index (χ3v) is 6.52. The maximum absolute atomic E-state index is 6.14. The average Bonchev–Trinajstić information content (AvgIpc) is 3.55. The van der Waals surface area contributed by atoms with Crippen LogP contribution >= 0.6 is 11.3 Å². The molecule has 2 heterocycles. The zero-order valence-corrected chi connectivity index (χ0v) is 21.6. The van der Waals surface area contributed by atoms with Crippen LogP contribution in [0.15, 0.2) is 86.6 Å². The number of methoxy groups -OCH3 is 4. The molecule has 9 heteroatoms. The highest BCUT2D eigenvalue weighted by atomic mass is 32.1. The van der Waals surface area contributed by atoms with Crippen LogP contribution in [-0.4, -0.2) is 39.3 Å². The highest BCUT2D eigenvalue weighted by Gasteiger charge is 2.14. The van der Waals surface area contributed by atoms with Crippen LogP contribution in [0.1, 0.15) is 5.56 Å². The van der Waals surface area contributed by atoms with Gasteiger partial charge in [0.2, 0.25) is 4.80 Å². The molecule has 0 radical (unpaired) electrons. The van der Waals surface area contributed by atoms with Crippen LogP contribution in [0.2, 0.25) is 0 Å². The zero-order valence-electron chi connectivity index (χ0n) is 20.8. The Bertz CT molecular complexity index is 1600. The highest BCUT2D eigenvalue weighted by molar-refractivity contribution is 7.07. The summed E-state index contributed by atoms with van der Waals surface area (Å²) in [6.45, 7) is 0. The minimum Gasteiger partial charge on any atom is -0.497 e. The third-order valence-electron chi connectivity index (χ3n) is 5.71. The molecule has 8 nitrogen and oxygen atoms in total. The summed E-state index contributed by atoms with van der Waals surface area (Å²) in [6.07, 6.45) is 1.70. The maximum Gasteiger partial charge on any atom is 0.211 e. The minimum atomic E-state index is 0.567. The largest absolute Gasteiger partial charge is 0.497 e. The lowest BCUT2D eigenvalue weighted by atomic mass is 10.2. The highest BCUT2D eigenvalue weighted by Crippen LogP contribution is 2.34. The first-order valence-electron chi connectivity index (χ1n) is 11.4. The quantitative estimate of drug-likeness (QED) is 0.233. The van der Waals surface area contributed by atoms with Crippen LogP contribution in [0.25, 0.3) is 22.4 Å². The Balaban J connectivity index is 1.65. The van der Waals surface area contributed by atoms with E-state index in [9.17, 15) is 0 Å². The summed E-state index contributed by atoms with van der Waals surface area (Å²) in [4.78, 5) is 5.49. The summed E-state index contributed by atoms with van der Waals surface area (Å²) in [7, 11) is 6.40. The second kappa shape index (κ2) is 10.6. The molecule has 3 aromatic carbocycles. The Kier molecular flexibility index (Phi) is 6.96. The smallest absolute Gasteiger partial charge is 0.211 e. The molecule has 0 atom stereocenters. The Hall–Kier alpha value is -4.50. The molecule has 0 bridgehead atoms. The lowest BCUT2D eigenvalue weighted by molar-refractivity contribution is 0.349. The van der Waals surface area contributed by atoms with Gasteiger partial charge in [-0.2, -0.15) is 5.10 Å². The second-order valence-electron chi connectivity index (χ2n) is 7.87. The molecule has 5 aromatic rings. The van der Waals surface area contributed by atoms with Gasteiger partial charge in [0.05, 0.1) is 40.3 Å². The molecule has 188 valence electrons. The first-order valence-corrected chi connectivity index (χ1v) is 12.2. The molecular weight excluding hydrogens is 490 g/mol. The summed E-state index contributed by atoms with van der Waals surface area (Å²) >= 11 is 1.46. The van der Waals surface area contributed by atoms with Gasteiger partial charge in [-0.05, 0) is 42.5 Å². The van der Waals surface area contributed by atoms with Gasteiger partial charge < -0.3 is 23.4 Å². The normalized spacial score (nSPS) is 11.8. The van der Waals surface area contributed by atoms with E-state index in [0.717, 1.165) is 28.1 Å². The van der Waals surface area contributed by atoms with E-state index in [4.69, 9.17) is 33.5 Å². The van der Waals surface area contributed by atoms with Gasteiger partial charge in [0.25, 0.3) is 0 Å². The SMILES string of the molecule is COc1ccc(N=c2scc(-c3cc4ccccc4o3)n2N=Cc2cc(OC)c(OC)cc2OC)cc1. The predicted octanol–water partition coefficient (Wildman–Crippen LogP) is 6.11. The van der Waals surface area contributed by atoms with E-state index in [2.05, 4.69) is 0 Å². The van der Waals surface area contributed by atoms with Crippen LogP contribution in [0.4, 0.5) is 5.69 Å². The average molecular weight is 516 g/mol. The van der Waals surface area contributed by atoms with E-state index in [1.807, 2.05) is 66.0 Å². The number of para-hydroxylation sites is 1. The molecule has 0 aliphatic heterocycles. The Morgan fingerprint density at radius 1 is 0.811 bits per heavy atom. The molecule has 0 spiro atoms. The number of rotatable bonds is 8. The summed E-state index contributed by atoms with van der Waals surface area (Å²) < 4.78 is 29.6. The number of ether oxygens (including phenoxy) is 4. The van der Waals surface area contributed by atoms with Crippen molar-refractivity contribution < 1.29 is 23.4 Å². The molecule has 0 unspecified atom stereocenters. The number of furan rings is 1. The van der Waals surface area contributed by atoms with Gasteiger partial charge in [-0.1, -0.05) is 18.2 Å². The summed E-state index contributed by atoms with van der Waals surface area (Å²) in [5.74, 6) is 3.18. The van der Waals surface area contributed by atoms with E-state index in [0.29, 0.717) is 33.4 Å². The molecular formula is C28H25N3O5S. The van der Waals surface area contributed by atoms with Crippen molar-refractivity contribution >= 4 is 34.2 Å². The lowest BCUT2D eigenvalue weighted by Gasteiger charge is -2.11. The van der Waals surface area contributed by atoms with Crippen molar-refractivity contribution in [3.8, 4) is 34.5 Å². The number of fused-ring (bicyclic) bond motifs is 1. The number of thiazole rings is 1. The number of aromatic nitrogens is 1. The van der Waals surface area contributed by atoms with Gasteiger partial charge in [-0.3, -0.25) is 0 Å². The molecule has 0 saturated heterocycles. The Labute approximate surface area is 217 Å². The molecule has 5 rings (SSSR count). The Morgan fingerprint density at radius 2 is 1.54 bits per heavy atom. The van der Waals surface area contributed by atoms with Gasteiger partial charge in [0, 0.05) is 22.4 Å². The molecule has 0 fully saturated rings. The van der Waals surface area contributed by atoms with Crippen LogP contribution in [-0.2, 0) is 0 Å². The summed E-state index contributed by atoms with van der Waals surface area (Å²) in [6, 6.07) is 21.0. The van der Waals surface area contributed by atoms with Crippen molar-refractivity contribution in [2.75, 3.05) is 28.4 Å². The van der Waals surface area contributed by atoms with Gasteiger partial charge in [-0.25, -0.2) is 9.67 Å². The van der Waals surface area contributed by atoms with Crippen molar-refractivity contribution in [3.63, 3.8) is 0 Å². The zero-order chi connectivity index (χ0) is 25.8. The monoisotopic (exact) mass is 515 g/mol. The van der Waals surface area contributed by atoms with E-state index >= 15 is 0 Å². The summed E-state index contributed by atoms with van der Waals surface area (Å²) in [5, 5.41) is 7.78. The van der Waals surface area contributed by atoms with Gasteiger partial charge >= 0.3 is 0 Å². The molecule has 0 amide bonds. The third kappa shape index (κ3) is 4.94. The van der Waals surface area contributed by atoms with Crippen LogP contribution < -0.4 is 23.7 Å². The minimum absolute atomic E-state index is 0.567. The van der Waals surface area contributed by atoms with Crippen molar-refractivity contribution in [2.45, 2.75) is 0 Å². The molecule has 0 saturated carbocycles. The first kappa shape index (κ1) is 24.2. The van der Waals surface area contributed by atoms with Crippen molar-refractivity contribution in [1.82, 2.24) is 4.68 Å². The fraction of sp³-hybridized carbons (Fsp3) is 0.143. The number of hydrogen-bond acceptors (Lipinski definition) is 8. The fourth-order valence-electron chi connectivity index (χ4n) is 3.81. The van der Waals surface area contributed by atoms with E-state index in [1.165, 1.54) is 11.3 Å². The topological polar surface area (TPSA) is 79.7 Å². The number of benzene rings is 3. The van der Waals surface area contributed by atoms with Gasteiger partial charge in [-0.15, -0.1) is 11.3 Å². The lowest BCUT2D eigenvalue weighted by Crippen LogP contribution is -2.11. The van der Waals surface area contributed by atoms with Crippen LogP contribution in [0.5, 0.6) is 23.0 Å². The summed E-state index contributed by atoms with van der Waals surface area (Å²) in [5.41, 5.74) is 3.05. The van der Waals surface area contributed by atoms with Crippen molar-refractivity contribution in [2.24, 2.45) is 10.1 Å². The Morgan fingerprint density at radius 3 is 2.24 bits per heavy atom. The van der Waals surface area contributed by atoms with E-state index < -0.39 is 0 Å². The first-order chi connectivity index (χ1) is 18.1. The van der Waals surface area contributed by atoms with Crippen LogP contribution in [0.3, 0.4) is 0 Å². The van der Waals surface area contributed by atoms with Crippen LogP contribution in [0, 0.1) is 0 Å². The molecule has 0 aliphatic carbocycles. The predicted molar refractivity (Wildman–Crippen MR) is 145 cm³/mol. The van der Waals surface area contributed by atoms with Crippen molar-refractivity contribution in [1.29, 1.82) is 0 Å². The second-order valence-corrected chi connectivity index (χ2v) is 8.70. The maximum atomic E-state index is 6.14. The van der Waals surface area contributed by atoms with E-state index in [-0.39, 0.29) is 0 Å². The van der Waals surface area contributed by atoms with E-state index in [1.54, 1.807) is 45.4 Å². The van der Waals surface area contributed by atoms with Gasteiger partial charge in [0.1, 0.15) is 22.8 Å². The molecule has 2 aromatic heterocycles. The number of hydrogen-bond donors (Lipinski definition) is 0. The van der Waals surface area contributed by atoms with Gasteiger partial charge in [0.15, 0.2) is 17.3 Å².